The van der Waals surface area contributed by atoms with Crippen LogP contribution in [0.1, 0.15) is 53.9 Å². The number of Topliss-reactive ketones (excluding diaryl/α,β-unsaturated/α-hetero) is 1. The Labute approximate surface area is 202 Å². The number of rotatable bonds is 7. The fourth-order valence-corrected chi connectivity index (χ4v) is 5.01. The van der Waals surface area contributed by atoms with Crippen LogP contribution in [0.5, 0.6) is 11.5 Å². The molecule has 3 aromatic rings. The van der Waals surface area contributed by atoms with Crippen molar-refractivity contribution in [2.45, 2.75) is 45.4 Å². The average molecular weight is 459 g/mol. The normalized spacial score (nSPS) is 20.1. The molecule has 1 heterocycles. The van der Waals surface area contributed by atoms with E-state index < -0.39 is 0 Å². The molecule has 0 aliphatic carbocycles. The van der Waals surface area contributed by atoms with Crippen LogP contribution in [0.25, 0.3) is 0 Å². The standard InChI is InChI=1S/C29H34N2O3/c1-20-18-31(21(2)17-30(20)19-23-8-5-13-28(14-23)34-4)29(26-11-7-12-27(33)16-26)25-10-6-9-24(15-25)22(3)32/h5-16,20-21,29,33H,17-19H2,1-4H3/t20-,21+,29+/m1/s1. The van der Waals surface area contributed by atoms with Gasteiger partial charge in [0.15, 0.2) is 5.78 Å². The van der Waals surface area contributed by atoms with Gasteiger partial charge in [0.1, 0.15) is 11.5 Å². The number of ether oxygens (including phenoxy) is 1. The monoisotopic (exact) mass is 458 g/mol. The molecule has 1 aliphatic heterocycles. The lowest BCUT2D eigenvalue weighted by atomic mass is 9.92. The third kappa shape index (κ3) is 5.32. The van der Waals surface area contributed by atoms with Gasteiger partial charge in [-0.25, -0.2) is 0 Å². The fraction of sp³-hybridized carbons (Fsp3) is 0.345. The van der Waals surface area contributed by atoms with Crippen molar-refractivity contribution in [3.05, 3.63) is 95.1 Å². The first kappa shape index (κ1) is 24.0. The fourth-order valence-electron chi connectivity index (χ4n) is 5.01. The van der Waals surface area contributed by atoms with Gasteiger partial charge in [0.25, 0.3) is 0 Å². The topological polar surface area (TPSA) is 53.0 Å². The van der Waals surface area contributed by atoms with Gasteiger partial charge in [0.05, 0.1) is 13.2 Å². The van der Waals surface area contributed by atoms with Crippen molar-refractivity contribution in [1.29, 1.82) is 0 Å². The maximum Gasteiger partial charge on any atom is 0.159 e. The van der Waals surface area contributed by atoms with E-state index in [0.717, 1.165) is 36.5 Å². The number of phenolic OH excluding ortho intramolecular Hbond substituents is 1. The van der Waals surface area contributed by atoms with Gasteiger partial charge in [-0.2, -0.15) is 0 Å². The minimum absolute atomic E-state index is 0.0529. The van der Waals surface area contributed by atoms with Crippen molar-refractivity contribution in [3.63, 3.8) is 0 Å². The number of piperazine rings is 1. The first-order valence-electron chi connectivity index (χ1n) is 11.9. The molecule has 1 N–H and O–H groups in total. The van der Waals surface area contributed by atoms with Gasteiger partial charge in [-0.1, -0.05) is 42.5 Å². The molecule has 0 saturated carbocycles. The number of methoxy groups -OCH3 is 1. The molecule has 1 saturated heterocycles. The molecule has 0 unspecified atom stereocenters. The lowest BCUT2D eigenvalue weighted by molar-refractivity contribution is 0.0194. The zero-order valence-corrected chi connectivity index (χ0v) is 20.4. The molecule has 0 bridgehead atoms. The Morgan fingerprint density at radius 2 is 1.68 bits per heavy atom. The molecule has 0 radical (unpaired) electrons. The number of nitrogens with zero attached hydrogens (tertiary/aromatic N) is 2. The number of aromatic hydroxyl groups is 1. The van der Waals surface area contributed by atoms with Crippen molar-refractivity contribution < 1.29 is 14.6 Å². The quantitative estimate of drug-likeness (QED) is 0.488. The van der Waals surface area contributed by atoms with Crippen molar-refractivity contribution in [2.24, 2.45) is 0 Å². The van der Waals surface area contributed by atoms with Gasteiger partial charge < -0.3 is 9.84 Å². The molecule has 178 valence electrons. The van der Waals surface area contributed by atoms with Crippen LogP contribution in [-0.2, 0) is 6.54 Å². The van der Waals surface area contributed by atoms with Crippen molar-refractivity contribution in [3.8, 4) is 11.5 Å². The lowest BCUT2D eigenvalue weighted by Gasteiger charge is -2.47. The number of hydrogen-bond donors (Lipinski definition) is 1. The zero-order chi connectivity index (χ0) is 24.2. The lowest BCUT2D eigenvalue weighted by Crippen LogP contribution is -2.56. The summed E-state index contributed by atoms with van der Waals surface area (Å²) in [4.78, 5) is 17.1. The summed E-state index contributed by atoms with van der Waals surface area (Å²) in [5.74, 6) is 1.19. The summed E-state index contributed by atoms with van der Waals surface area (Å²) in [5.41, 5.74) is 4.05. The first-order chi connectivity index (χ1) is 16.4. The molecule has 3 aromatic carbocycles. The molecule has 0 amide bonds. The number of carbonyl (C=O) groups is 1. The van der Waals surface area contributed by atoms with Gasteiger partial charge in [-0.15, -0.1) is 0 Å². The second-order valence-electron chi connectivity index (χ2n) is 9.35. The predicted molar refractivity (Wildman–Crippen MR) is 135 cm³/mol. The Morgan fingerprint density at radius 3 is 2.38 bits per heavy atom. The van der Waals surface area contributed by atoms with Crippen LogP contribution in [-0.4, -0.2) is 53.0 Å². The molecule has 1 aliphatic rings. The van der Waals surface area contributed by atoms with E-state index >= 15 is 0 Å². The van der Waals surface area contributed by atoms with E-state index in [2.05, 4.69) is 47.9 Å². The van der Waals surface area contributed by atoms with Crippen LogP contribution in [0, 0.1) is 0 Å². The maximum atomic E-state index is 12.1. The molecule has 0 aromatic heterocycles. The molecule has 1 fully saturated rings. The van der Waals surface area contributed by atoms with Crippen LogP contribution in [0.15, 0.2) is 72.8 Å². The highest BCUT2D eigenvalue weighted by atomic mass is 16.5. The van der Waals surface area contributed by atoms with Crippen LogP contribution in [0.2, 0.25) is 0 Å². The summed E-state index contributed by atoms with van der Waals surface area (Å²) < 4.78 is 5.40. The summed E-state index contributed by atoms with van der Waals surface area (Å²) in [5, 5.41) is 10.2. The van der Waals surface area contributed by atoms with Crippen molar-refractivity contribution >= 4 is 5.78 Å². The van der Waals surface area contributed by atoms with Gasteiger partial charge in [-0.05, 0) is 67.8 Å². The van der Waals surface area contributed by atoms with Crippen molar-refractivity contribution in [2.75, 3.05) is 20.2 Å². The van der Waals surface area contributed by atoms with E-state index in [0.29, 0.717) is 11.6 Å². The highest BCUT2D eigenvalue weighted by Gasteiger charge is 2.35. The van der Waals surface area contributed by atoms with E-state index in [1.54, 1.807) is 20.1 Å². The molecule has 5 nitrogen and oxygen atoms in total. The summed E-state index contributed by atoms with van der Waals surface area (Å²) in [7, 11) is 1.70. The Bertz CT molecular complexity index is 1150. The summed E-state index contributed by atoms with van der Waals surface area (Å²) in [6.45, 7) is 8.78. The largest absolute Gasteiger partial charge is 0.508 e. The minimum Gasteiger partial charge on any atom is -0.508 e. The van der Waals surface area contributed by atoms with Crippen molar-refractivity contribution in [1.82, 2.24) is 9.80 Å². The van der Waals surface area contributed by atoms with Crippen LogP contribution < -0.4 is 4.74 Å². The van der Waals surface area contributed by atoms with Gasteiger partial charge in [0.2, 0.25) is 0 Å². The zero-order valence-electron chi connectivity index (χ0n) is 20.4. The number of carbonyl (C=O) groups excluding carboxylic acids is 1. The Kier molecular flexibility index (Phi) is 7.35. The number of benzene rings is 3. The Balaban J connectivity index is 1.63. The molecular weight excluding hydrogens is 424 g/mol. The van der Waals surface area contributed by atoms with Crippen LogP contribution in [0.4, 0.5) is 0 Å². The number of ketones is 1. The predicted octanol–water partition coefficient (Wildman–Crippen LogP) is 5.29. The summed E-state index contributed by atoms with van der Waals surface area (Å²) in [6, 6.07) is 24.2. The van der Waals surface area contributed by atoms with Crippen LogP contribution >= 0.6 is 0 Å². The van der Waals surface area contributed by atoms with E-state index in [1.807, 2.05) is 42.5 Å². The molecule has 0 spiro atoms. The second-order valence-corrected chi connectivity index (χ2v) is 9.35. The van der Waals surface area contributed by atoms with E-state index in [-0.39, 0.29) is 23.6 Å². The smallest absolute Gasteiger partial charge is 0.159 e. The Morgan fingerprint density at radius 1 is 0.971 bits per heavy atom. The van der Waals surface area contributed by atoms with E-state index in [1.165, 1.54) is 5.56 Å². The SMILES string of the molecule is COc1cccc(CN2C[C@H](C)N([C@H](c3cccc(O)c3)c3cccc(C(C)=O)c3)C[C@H]2C)c1. The highest BCUT2D eigenvalue weighted by Crippen LogP contribution is 2.35. The van der Waals surface area contributed by atoms with Gasteiger partial charge in [-0.3, -0.25) is 14.6 Å². The third-order valence-electron chi connectivity index (χ3n) is 6.81. The first-order valence-corrected chi connectivity index (χ1v) is 11.9. The molecule has 4 rings (SSSR count). The van der Waals surface area contributed by atoms with Gasteiger partial charge in [0, 0.05) is 37.3 Å². The number of phenols is 1. The van der Waals surface area contributed by atoms with E-state index in [4.69, 9.17) is 4.74 Å². The summed E-state index contributed by atoms with van der Waals surface area (Å²) >= 11 is 0. The highest BCUT2D eigenvalue weighted by molar-refractivity contribution is 5.94. The van der Waals surface area contributed by atoms with E-state index in [9.17, 15) is 9.90 Å². The number of hydrogen-bond acceptors (Lipinski definition) is 5. The van der Waals surface area contributed by atoms with Crippen LogP contribution in [0.3, 0.4) is 0 Å². The third-order valence-corrected chi connectivity index (χ3v) is 6.81. The molecule has 34 heavy (non-hydrogen) atoms. The maximum absolute atomic E-state index is 12.1. The minimum atomic E-state index is -0.0529. The average Bonchev–Trinajstić information content (AvgIpc) is 2.82. The molecule has 3 atom stereocenters. The molecular formula is C29H34N2O3. The molecule has 5 heteroatoms. The summed E-state index contributed by atoms with van der Waals surface area (Å²) in [6.07, 6.45) is 0. The Hall–Kier alpha value is -3.15. The van der Waals surface area contributed by atoms with Gasteiger partial charge >= 0.3 is 0 Å². The second kappa shape index (κ2) is 10.4.